The number of aromatic amines is 1. The largest absolute Gasteiger partial charge is 0.453 e. The second kappa shape index (κ2) is 8.83. The Bertz CT molecular complexity index is 1050. The molecule has 3 aromatic rings. The van der Waals surface area contributed by atoms with Gasteiger partial charge in [0.1, 0.15) is 0 Å². The molecule has 0 saturated carbocycles. The van der Waals surface area contributed by atoms with Crippen molar-refractivity contribution in [2.45, 2.75) is 13.3 Å². The summed E-state index contributed by atoms with van der Waals surface area (Å²) in [5.74, 6) is 0.170. The van der Waals surface area contributed by atoms with Crippen LogP contribution in [0.5, 0.6) is 0 Å². The highest BCUT2D eigenvalue weighted by molar-refractivity contribution is 5.95. The molecule has 3 N–H and O–H groups in total. The Morgan fingerprint density at radius 3 is 2.59 bits per heavy atom. The van der Waals surface area contributed by atoms with E-state index < -0.39 is 6.09 Å². The van der Waals surface area contributed by atoms with Gasteiger partial charge in [0.2, 0.25) is 0 Å². The highest BCUT2D eigenvalue weighted by Gasteiger charge is 2.15. The van der Waals surface area contributed by atoms with Gasteiger partial charge in [-0.1, -0.05) is 12.1 Å². The number of aromatic nitrogens is 4. The fourth-order valence-electron chi connectivity index (χ4n) is 2.66. The number of carbonyl (C=O) groups is 2. The van der Waals surface area contributed by atoms with Crippen LogP contribution >= 0.6 is 0 Å². The minimum atomic E-state index is -0.530. The van der Waals surface area contributed by atoms with Crippen LogP contribution in [-0.2, 0) is 11.2 Å². The Morgan fingerprint density at radius 1 is 1.17 bits per heavy atom. The molecule has 150 valence electrons. The van der Waals surface area contributed by atoms with Gasteiger partial charge in [-0.3, -0.25) is 14.9 Å². The van der Waals surface area contributed by atoms with Crippen molar-refractivity contribution in [3.05, 3.63) is 69.8 Å². The average molecular weight is 396 g/mol. The molecule has 1 aromatic carbocycles. The summed E-state index contributed by atoms with van der Waals surface area (Å²) < 4.78 is 6.02. The summed E-state index contributed by atoms with van der Waals surface area (Å²) in [6.07, 6.45) is 1.56. The van der Waals surface area contributed by atoms with Crippen LogP contribution in [0.1, 0.15) is 21.6 Å². The van der Waals surface area contributed by atoms with Gasteiger partial charge >= 0.3 is 6.09 Å². The van der Waals surface area contributed by atoms with Gasteiger partial charge in [0, 0.05) is 18.3 Å². The molecule has 0 saturated heterocycles. The number of hydrogen-bond acceptors (Lipinski definition) is 6. The van der Waals surface area contributed by atoms with Crippen LogP contribution in [-0.4, -0.2) is 45.6 Å². The number of H-pyrrole nitrogens is 1. The minimum Gasteiger partial charge on any atom is -0.453 e. The molecule has 0 radical (unpaired) electrons. The third kappa shape index (κ3) is 4.86. The maximum absolute atomic E-state index is 12.5. The van der Waals surface area contributed by atoms with E-state index in [1.165, 1.54) is 30.1 Å². The molecule has 29 heavy (non-hydrogen) atoms. The topological polar surface area (TPSA) is 131 Å². The van der Waals surface area contributed by atoms with E-state index in [0.717, 1.165) is 5.56 Å². The second-order valence-corrected chi connectivity index (χ2v) is 6.15. The van der Waals surface area contributed by atoms with Crippen LogP contribution in [0, 0.1) is 6.92 Å². The molecule has 0 aliphatic carbocycles. The SMILES string of the molecule is COC(=O)Nc1ccc(CCNC(=O)c2cnn(-c3ccc(=O)[nH]n3)c2C)cc1. The number of amides is 2. The zero-order valence-electron chi connectivity index (χ0n) is 15.9. The molecule has 10 heteroatoms. The van der Waals surface area contributed by atoms with Crippen molar-refractivity contribution < 1.29 is 14.3 Å². The third-order valence-corrected chi connectivity index (χ3v) is 4.22. The smallest absolute Gasteiger partial charge is 0.411 e. The Hall–Kier alpha value is -3.95. The lowest BCUT2D eigenvalue weighted by Gasteiger charge is -2.07. The van der Waals surface area contributed by atoms with Crippen LogP contribution in [0.2, 0.25) is 0 Å². The van der Waals surface area contributed by atoms with Crippen LogP contribution < -0.4 is 16.2 Å². The lowest BCUT2D eigenvalue weighted by atomic mass is 10.1. The van der Waals surface area contributed by atoms with Crippen LogP contribution in [0.3, 0.4) is 0 Å². The van der Waals surface area contributed by atoms with Crippen molar-refractivity contribution in [2.75, 3.05) is 19.0 Å². The molecular weight excluding hydrogens is 376 g/mol. The monoisotopic (exact) mass is 396 g/mol. The van der Waals surface area contributed by atoms with Crippen molar-refractivity contribution in [1.29, 1.82) is 0 Å². The number of ether oxygens (including phenoxy) is 1. The minimum absolute atomic E-state index is 0.248. The van der Waals surface area contributed by atoms with Crippen molar-refractivity contribution in [3.63, 3.8) is 0 Å². The van der Waals surface area contributed by atoms with E-state index in [1.54, 1.807) is 19.1 Å². The maximum atomic E-state index is 12.5. The molecular formula is C19H20N6O4. The summed E-state index contributed by atoms with van der Waals surface area (Å²) in [6.45, 7) is 2.19. The normalized spacial score (nSPS) is 10.4. The highest BCUT2D eigenvalue weighted by atomic mass is 16.5. The molecule has 3 rings (SSSR count). The lowest BCUT2D eigenvalue weighted by molar-refractivity contribution is 0.0953. The van der Waals surface area contributed by atoms with Gasteiger partial charge in [-0.25, -0.2) is 14.6 Å². The summed E-state index contributed by atoms with van der Waals surface area (Å²) in [7, 11) is 1.30. The van der Waals surface area contributed by atoms with E-state index in [0.29, 0.717) is 35.7 Å². The van der Waals surface area contributed by atoms with Crippen molar-refractivity contribution in [3.8, 4) is 5.82 Å². The summed E-state index contributed by atoms with van der Waals surface area (Å²) in [6, 6.07) is 10.1. The standard InChI is InChI=1S/C19H20N6O4/c1-12-15(11-21-25(12)16-7-8-17(26)24-23-16)18(27)20-10-9-13-3-5-14(6-4-13)22-19(28)29-2/h3-8,11H,9-10H2,1-2H3,(H,20,27)(H,22,28)(H,24,26). The lowest BCUT2D eigenvalue weighted by Crippen LogP contribution is -2.26. The first kappa shape index (κ1) is 19.8. The highest BCUT2D eigenvalue weighted by Crippen LogP contribution is 2.12. The average Bonchev–Trinajstić information content (AvgIpc) is 3.11. The molecule has 10 nitrogen and oxygen atoms in total. The van der Waals surface area contributed by atoms with E-state index in [-0.39, 0.29) is 11.5 Å². The maximum Gasteiger partial charge on any atom is 0.411 e. The van der Waals surface area contributed by atoms with E-state index >= 15 is 0 Å². The van der Waals surface area contributed by atoms with E-state index in [1.807, 2.05) is 12.1 Å². The van der Waals surface area contributed by atoms with Gasteiger partial charge in [-0.05, 0) is 37.1 Å². The second-order valence-electron chi connectivity index (χ2n) is 6.15. The van der Waals surface area contributed by atoms with E-state index in [9.17, 15) is 14.4 Å². The van der Waals surface area contributed by atoms with Crippen molar-refractivity contribution in [1.82, 2.24) is 25.3 Å². The van der Waals surface area contributed by atoms with Gasteiger partial charge in [0.05, 0.1) is 24.6 Å². The fraction of sp³-hybridized carbons (Fsp3) is 0.211. The first-order valence-corrected chi connectivity index (χ1v) is 8.81. The Balaban J connectivity index is 1.57. The predicted molar refractivity (Wildman–Crippen MR) is 105 cm³/mol. The summed E-state index contributed by atoms with van der Waals surface area (Å²) in [5, 5.41) is 15.9. The number of carbonyl (C=O) groups excluding carboxylic acids is 2. The van der Waals surface area contributed by atoms with Crippen LogP contribution in [0.4, 0.5) is 10.5 Å². The number of benzene rings is 1. The van der Waals surface area contributed by atoms with Crippen LogP contribution in [0.15, 0.2) is 47.4 Å². The number of anilines is 1. The van der Waals surface area contributed by atoms with Gasteiger partial charge in [-0.15, -0.1) is 0 Å². The third-order valence-electron chi connectivity index (χ3n) is 4.22. The predicted octanol–water partition coefficient (Wildman–Crippen LogP) is 1.41. The van der Waals surface area contributed by atoms with Gasteiger partial charge in [0.25, 0.3) is 11.5 Å². The Kier molecular flexibility index (Phi) is 6.03. The quantitative estimate of drug-likeness (QED) is 0.577. The Labute approximate surface area is 165 Å². The van der Waals surface area contributed by atoms with Gasteiger partial charge in [-0.2, -0.15) is 10.2 Å². The Morgan fingerprint density at radius 2 is 1.93 bits per heavy atom. The first-order valence-electron chi connectivity index (χ1n) is 8.81. The molecule has 2 amide bonds. The number of nitrogens with zero attached hydrogens (tertiary/aromatic N) is 3. The molecule has 0 aliphatic rings. The molecule has 0 fully saturated rings. The number of hydrogen-bond donors (Lipinski definition) is 3. The molecule has 2 aromatic heterocycles. The summed E-state index contributed by atoms with van der Waals surface area (Å²) >= 11 is 0. The molecule has 0 aliphatic heterocycles. The summed E-state index contributed by atoms with van der Waals surface area (Å²) in [4.78, 5) is 34.8. The molecule has 2 heterocycles. The number of nitrogens with one attached hydrogen (secondary N) is 3. The van der Waals surface area contributed by atoms with Gasteiger partial charge in [0.15, 0.2) is 5.82 Å². The summed E-state index contributed by atoms with van der Waals surface area (Å²) in [5.41, 5.74) is 2.36. The van der Waals surface area contributed by atoms with Crippen LogP contribution in [0.25, 0.3) is 5.82 Å². The van der Waals surface area contributed by atoms with Crippen molar-refractivity contribution >= 4 is 17.7 Å². The molecule has 0 atom stereocenters. The van der Waals surface area contributed by atoms with Crippen molar-refractivity contribution in [2.24, 2.45) is 0 Å². The molecule has 0 unspecified atom stereocenters. The fourth-order valence-corrected chi connectivity index (χ4v) is 2.66. The van der Waals surface area contributed by atoms with Gasteiger partial charge < -0.3 is 10.1 Å². The van der Waals surface area contributed by atoms with E-state index in [2.05, 4.69) is 30.7 Å². The molecule has 0 spiro atoms. The zero-order chi connectivity index (χ0) is 20.8. The van der Waals surface area contributed by atoms with E-state index in [4.69, 9.17) is 0 Å². The molecule has 0 bridgehead atoms. The first-order chi connectivity index (χ1) is 14.0. The number of methoxy groups -OCH3 is 1. The zero-order valence-corrected chi connectivity index (χ0v) is 15.9. The number of rotatable bonds is 6.